The molecule has 5 rings (SSSR count). The Balaban J connectivity index is 1.32. The Morgan fingerprint density at radius 3 is 2.72 bits per heavy atom. The first-order valence-corrected chi connectivity index (χ1v) is 15.4. The van der Waals surface area contributed by atoms with Crippen LogP contribution in [0.3, 0.4) is 0 Å². The monoisotopic (exact) mass is 550 g/mol. The summed E-state index contributed by atoms with van der Waals surface area (Å²) in [4.78, 5) is 11.1. The van der Waals surface area contributed by atoms with Gasteiger partial charge in [0.25, 0.3) is 0 Å². The molecular formula is C31H34O7S. The van der Waals surface area contributed by atoms with E-state index >= 15 is 0 Å². The van der Waals surface area contributed by atoms with Crippen molar-refractivity contribution in [3.63, 3.8) is 0 Å². The first-order chi connectivity index (χ1) is 18.7. The lowest BCUT2D eigenvalue weighted by atomic mass is 9.90. The van der Waals surface area contributed by atoms with Crippen molar-refractivity contribution < 1.29 is 32.5 Å². The number of fused-ring (bicyclic) bond motifs is 4. The molecule has 0 aromatic heterocycles. The minimum Gasteiger partial charge on any atom is -0.494 e. The molecule has 0 radical (unpaired) electrons. The zero-order valence-electron chi connectivity index (χ0n) is 22.4. The van der Waals surface area contributed by atoms with Crippen LogP contribution >= 0.6 is 0 Å². The van der Waals surface area contributed by atoms with Crippen molar-refractivity contribution in [2.45, 2.75) is 51.6 Å². The molecule has 39 heavy (non-hydrogen) atoms. The second-order valence-corrected chi connectivity index (χ2v) is 12.8. The van der Waals surface area contributed by atoms with Gasteiger partial charge in [0.05, 0.1) is 25.4 Å². The Morgan fingerprint density at radius 2 is 1.92 bits per heavy atom. The normalized spacial score (nSPS) is 15.9. The van der Waals surface area contributed by atoms with Crippen molar-refractivity contribution in [2.24, 2.45) is 0 Å². The van der Waals surface area contributed by atoms with Gasteiger partial charge < -0.3 is 19.3 Å². The van der Waals surface area contributed by atoms with E-state index < -0.39 is 15.8 Å². The summed E-state index contributed by atoms with van der Waals surface area (Å²) in [5.41, 5.74) is 8.20. The molecule has 0 spiro atoms. The number of hydrogen-bond acceptors (Lipinski definition) is 6. The fourth-order valence-corrected chi connectivity index (χ4v) is 6.29. The fraction of sp³-hybridized carbons (Fsp3) is 0.387. The van der Waals surface area contributed by atoms with Gasteiger partial charge in [0.1, 0.15) is 33.7 Å². The topological polar surface area (TPSA) is 99.1 Å². The Bertz CT molecular complexity index is 1490. The number of aliphatic carboxylic acids is 1. The van der Waals surface area contributed by atoms with Gasteiger partial charge >= 0.3 is 5.97 Å². The van der Waals surface area contributed by atoms with Crippen LogP contribution in [0.2, 0.25) is 0 Å². The first kappa shape index (κ1) is 27.1. The van der Waals surface area contributed by atoms with Crippen molar-refractivity contribution in [1.82, 2.24) is 0 Å². The Kier molecular flexibility index (Phi) is 7.84. The second kappa shape index (κ2) is 11.3. The van der Waals surface area contributed by atoms with E-state index in [2.05, 4.69) is 31.2 Å². The Hall–Kier alpha value is -3.52. The molecule has 3 aromatic rings. The molecule has 0 unspecified atom stereocenters. The Labute approximate surface area is 229 Å². The lowest BCUT2D eigenvalue weighted by Gasteiger charge is -2.18. The summed E-state index contributed by atoms with van der Waals surface area (Å²) in [5, 5.41) is 9.14. The van der Waals surface area contributed by atoms with Crippen molar-refractivity contribution in [2.75, 3.05) is 25.2 Å². The summed E-state index contributed by atoms with van der Waals surface area (Å²) in [6.45, 7) is 3.28. The van der Waals surface area contributed by atoms with Gasteiger partial charge in [0, 0.05) is 23.8 Å². The zero-order valence-corrected chi connectivity index (χ0v) is 23.2. The maximum atomic E-state index is 11.4. The molecule has 1 N–H and O–H groups in total. The summed E-state index contributed by atoms with van der Waals surface area (Å²) in [6, 6.07) is 16.2. The average Bonchev–Trinajstić information content (AvgIpc) is 3.15. The van der Waals surface area contributed by atoms with Gasteiger partial charge in [-0.1, -0.05) is 24.3 Å². The molecule has 0 amide bonds. The summed E-state index contributed by atoms with van der Waals surface area (Å²) in [7, 11) is -2.99. The highest BCUT2D eigenvalue weighted by molar-refractivity contribution is 7.90. The molecule has 0 saturated carbocycles. The number of aryl methyl sites for hydroxylation is 2. The van der Waals surface area contributed by atoms with Crippen LogP contribution in [0.15, 0.2) is 48.5 Å². The highest BCUT2D eigenvalue weighted by Gasteiger charge is 2.27. The maximum absolute atomic E-state index is 11.4. The molecule has 1 atom stereocenters. The predicted octanol–water partition coefficient (Wildman–Crippen LogP) is 5.49. The predicted molar refractivity (Wildman–Crippen MR) is 150 cm³/mol. The van der Waals surface area contributed by atoms with E-state index in [4.69, 9.17) is 19.3 Å². The lowest BCUT2D eigenvalue weighted by molar-refractivity contribution is -0.137. The third kappa shape index (κ3) is 6.38. The largest absolute Gasteiger partial charge is 0.494 e. The molecule has 1 aliphatic heterocycles. The number of carboxylic acid groups (broad SMARTS) is 1. The van der Waals surface area contributed by atoms with Gasteiger partial charge in [-0.2, -0.15) is 0 Å². The van der Waals surface area contributed by atoms with Crippen LogP contribution in [0.1, 0.15) is 53.0 Å². The van der Waals surface area contributed by atoms with Crippen LogP contribution in [-0.4, -0.2) is 44.7 Å². The number of carboxylic acids is 1. The van der Waals surface area contributed by atoms with Crippen LogP contribution in [-0.2, 0) is 34.1 Å². The number of carbonyl (C=O) groups is 1. The zero-order chi connectivity index (χ0) is 27.6. The van der Waals surface area contributed by atoms with E-state index in [1.807, 2.05) is 24.3 Å². The molecule has 2 aliphatic rings. The highest BCUT2D eigenvalue weighted by Crippen LogP contribution is 2.40. The minimum atomic E-state index is -2.99. The van der Waals surface area contributed by atoms with E-state index in [0.717, 1.165) is 41.7 Å². The van der Waals surface area contributed by atoms with E-state index in [1.54, 1.807) is 0 Å². The first-order valence-electron chi connectivity index (χ1n) is 13.3. The summed E-state index contributed by atoms with van der Waals surface area (Å²) >= 11 is 0. The number of rotatable bonds is 10. The molecular weight excluding hydrogens is 516 g/mol. The van der Waals surface area contributed by atoms with Gasteiger partial charge in [-0.25, -0.2) is 8.42 Å². The average molecular weight is 551 g/mol. The molecule has 206 valence electrons. The van der Waals surface area contributed by atoms with Gasteiger partial charge in [0.2, 0.25) is 0 Å². The van der Waals surface area contributed by atoms with Crippen molar-refractivity contribution in [3.05, 3.63) is 76.3 Å². The molecule has 0 saturated heterocycles. The SMILES string of the molecule is Cc1cc(OCCCS(C)(=O)=O)cc2c1-c1cccc(COc3ccc4c(c3)OC[C@H]4CC(=O)O)c1CCC2. The van der Waals surface area contributed by atoms with Crippen molar-refractivity contribution >= 4 is 15.8 Å². The second-order valence-electron chi connectivity index (χ2n) is 10.5. The van der Waals surface area contributed by atoms with Gasteiger partial charge in [-0.3, -0.25) is 4.79 Å². The fourth-order valence-electron chi connectivity index (χ4n) is 5.64. The van der Waals surface area contributed by atoms with Crippen LogP contribution in [0, 0.1) is 6.92 Å². The number of sulfone groups is 1. The number of benzene rings is 3. The van der Waals surface area contributed by atoms with Gasteiger partial charge in [-0.15, -0.1) is 0 Å². The number of ether oxygens (including phenoxy) is 3. The summed E-state index contributed by atoms with van der Waals surface area (Å²) < 4.78 is 40.7. The van der Waals surface area contributed by atoms with E-state index in [-0.39, 0.29) is 18.1 Å². The molecule has 7 nitrogen and oxygen atoms in total. The van der Waals surface area contributed by atoms with Crippen LogP contribution in [0.25, 0.3) is 11.1 Å². The summed E-state index contributed by atoms with van der Waals surface area (Å²) in [6.07, 6.45) is 4.66. The molecule has 8 heteroatoms. The third-order valence-electron chi connectivity index (χ3n) is 7.41. The quantitative estimate of drug-likeness (QED) is 0.333. The van der Waals surface area contributed by atoms with Crippen LogP contribution < -0.4 is 14.2 Å². The highest BCUT2D eigenvalue weighted by atomic mass is 32.2. The van der Waals surface area contributed by atoms with Crippen molar-refractivity contribution in [3.8, 4) is 28.4 Å². The third-order valence-corrected chi connectivity index (χ3v) is 8.44. The summed E-state index contributed by atoms with van der Waals surface area (Å²) in [5.74, 6) is 1.35. The van der Waals surface area contributed by atoms with Gasteiger partial charge in [-0.05, 0) is 84.2 Å². The van der Waals surface area contributed by atoms with Crippen LogP contribution in [0.4, 0.5) is 0 Å². The lowest BCUT2D eigenvalue weighted by Crippen LogP contribution is -2.08. The Morgan fingerprint density at radius 1 is 1.08 bits per heavy atom. The van der Waals surface area contributed by atoms with E-state index in [9.17, 15) is 13.2 Å². The van der Waals surface area contributed by atoms with E-state index in [1.165, 1.54) is 28.5 Å². The van der Waals surface area contributed by atoms with E-state index in [0.29, 0.717) is 37.7 Å². The molecule has 1 aliphatic carbocycles. The van der Waals surface area contributed by atoms with Crippen molar-refractivity contribution in [1.29, 1.82) is 0 Å². The molecule has 0 fully saturated rings. The smallest absolute Gasteiger partial charge is 0.304 e. The molecule has 1 heterocycles. The molecule has 0 bridgehead atoms. The number of hydrogen-bond donors (Lipinski definition) is 1. The maximum Gasteiger partial charge on any atom is 0.304 e. The molecule has 3 aromatic carbocycles. The minimum absolute atomic E-state index is 0.0566. The standard InChI is InChI=1S/C31H34O7S/c1-20-14-25(36-12-5-13-39(2,34)35)15-21-6-3-8-26-22(7-4-9-28(26)31(20)21)18-37-24-10-11-27-23(16-30(32)33)19-38-29(27)17-24/h4,7,9-11,14-15,17,23H,3,5-6,8,12-13,16,18-19H2,1-2H3,(H,32,33)/t23-/m1/s1. The van der Waals surface area contributed by atoms with Gasteiger partial charge in [0.15, 0.2) is 0 Å². The van der Waals surface area contributed by atoms with Crippen LogP contribution in [0.5, 0.6) is 17.2 Å².